The molecule has 0 aliphatic carbocycles. The maximum absolute atomic E-state index is 13.6. The molecule has 0 unspecified atom stereocenters. The number of carbonyl (C=O) groups excluding carboxylic acids is 3. The number of halogens is 1. The van der Waals surface area contributed by atoms with E-state index in [1.54, 1.807) is 12.1 Å². The number of nitrogens with zero attached hydrogens (tertiary/aromatic N) is 3. The number of amides is 4. The third-order valence-corrected chi connectivity index (χ3v) is 4.48. The Morgan fingerprint density at radius 1 is 0.962 bits per heavy atom. The number of aryl methyl sites for hydroxylation is 1. The minimum atomic E-state index is -0.664. The zero-order chi connectivity index (χ0) is 19.2. The number of urea groups is 1. The highest BCUT2D eigenvalue weighted by Crippen LogP contribution is 2.25. The molecule has 1 aromatic carbocycles. The normalized spacial score (nSPS) is 15.1. The van der Waals surface area contributed by atoms with Gasteiger partial charge in [-0.2, -0.15) is 0 Å². The molecule has 134 valence electrons. The molecule has 0 saturated carbocycles. The van der Waals surface area contributed by atoms with Crippen LogP contribution in [0.4, 0.5) is 9.18 Å². The summed E-state index contributed by atoms with van der Waals surface area (Å²) in [6, 6.07) is 7.31. The summed E-state index contributed by atoms with van der Waals surface area (Å²) >= 11 is 0. The van der Waals surface area contributed by atoms with Gasteiger partial charge >= 0.3 is 6.03 Å². The second-order valence-corrected chi connectivity index (χ2v) is 6.21. The minimum absolute atomic E-state index is 0.0888. The zero-order valence-corrected chi connectivity index (χ0v) is 14.9. The molecule has 2 aromatic rings. The summed E-state index contributed by atoms with van der Waals surface area (Å²) < 4.78 is 15.4. The van der Waals surface area contributed by atoms with E-state index in [1.807, 2.05) is 24.5 Å². The number of likely N-dealkylation sites (N-methyl/N-ethyl adjacent to an activating group) is 2. The lowest BCUT2D eigenvalue weighted by Crippen LogP contribution is -2.52. The van der Waals surface area contributed by atoms with E-state index < -0.39 is 17.8 Å². The summed E-state index contributed by atoms with van der Waals surface area (Å²) in [6.45, 7) is 3.67. The highest BCUT2D eigenvalue weighted by molar-refractivity contribution is 6.30. The Balaban J connectivity index is 2.10. The lowest BCUT2D eigenvalue weighted by atomic mass is 10.1. The summed E-state index contributed by atoms with van der Waals surface area (Å²) in [7, 11) is 2.66. The van der Waals surface area contributed by atoms with Gasteiger partial charge in [0.15, 0.2) is 0 Å². The number of hydrogen-bond donors (Lipinski definition) is 0. The van der Waals surface area contributed by atoms with E-state index in [0.717, 1.165) is 21.2 Å². The van der Waals surface area contributed by atoms with Crippen LogP contribution in [0.5, 0.6) is 0 Å². The Hall–Kier alpha value is -3.22. The molecule has 0 N–H and O–H groups in total. The Kier molecular flexibility index (Phi) is 4.23. The molecular formula is C19H18FN3O3. The first-order valence-electron chi connectivity index (χ1n) is 7.99. The van der Waals surface area contributed by atoms with Gasteiger partial charge in [-0.25, -0.2) is 9.18 Å². The fourth-order valence-corrected chi connectivity index (χ4v) is 3.08. The Bertz CT molecular complexity index is 948. The standard InChI is InChI=1S/C19H18FN3O3/c1-11-8-13(12(2)23(11)15-7-5-6-14(20)10-15)9-16-17(24)21(3)19(26)22(4)18(16)25/h5-10H,1-4H3. The van der Waals surface area contributed by atoms with Crippen LogP contribution in [-0.2, 0) is 9.59 Å². The fourth-order valence-electron chi connectivity index (χ4n) is 3.08. The summed E-state index contributed by atoms with van der Waals surface area (Å²) in [5, 5.41) is 0. The van der Waals surface area contributed by atoms with E-state index >= 15 is 0 Å². The van der Waals surface area contributed by atoms with E-state index in [-0.39, 0.29) is 11.4 Å². The van der Waals surface area contributed by atoms with E-state index in [2.05, 4.69) is 0 Å². The first kappa shape index (κ1) is 17.6. The van der Waals surface area contributed by atoms with Crippen molar-refractivity contribution in [3.8, 4) is 5.69 Å². The number of aromatic nitrogens is 1. The fraction of sp³-hybridized carbons (Fsp3) is 0.211. The van der Waals surface area contributed by atoms with Crippen molar-refractivity contribution in [1.82, 2.24) is 14.4 Å². The van der Waals surface area contributed by atoms with Crippen LogP contribution in [0.15, 0.2) is 35.9 Å². The quantitative estimate of drug-likeness (QED) is 0.615. The molecule has 0 radical (unpaired) electrons. The van der Waals surface area contributed by atoms with Crippen LogP contribution >= 0.6 is 0 Å². The summed E-state index contributed by atoms with van der Waals surface area (Å²) in [5.74, 6) is -1.64. The molecule has 1 aliphatic rings. The SMILES string of the molecule is Cc1cc(C=C2C(=O)N(C)C(=O)N(C)C2=O)c(C)n1-c1cccc(F)c1. The Morgan fingerprint density at radius 2 is 1.58 bits per heavy atom. The van der Waals surface area contributed by atoms with Gasteiger partial charge in [0.25, 0.3) is 11.8 Å². The maximum Gasteiger partial charge on any atom is 0.333 e. The van der Waals surface area contributed by atoms with Gasteiger partial charge in [0.1, 0.15) is 11.4 Å². The van der Waals surface area contributed by atoms with Crippen molar-refractivity contribution in [1.29, 1.82) is 0 Å². The average Bonchev–Trinajstić information content (AvgIpc) is 2.88. The maximum atomic E-state index is 13.6. The predicted molar refractivity (Wildman–Crippen MR) is 94.1 cm³/mol. The smallest absolute Gasteiger partial charge is 0.318 e. The monoisotopic (exact) mass is 355 g/mol. The second kappa shape index (κ2) is 6.25. The Morgan fingerprint density at radius 3 is 2.15 bits per heavy atom. The molecule has 6 nitrogen and oxygen atoms in total. The third-order valence-electron chi connectivity index (χ3n) is 4.48. The van der Waals surface area contributed by atoms with Crippen LogP contribution in [0.3, 0.4) is 0 Å². The minimum Gasteiger partial charge on any atom is -0.318 e. The van der Waals surface area contributed by atoms with Gasteiger partial charge in [-0.05, 0) is 49.8 Å². The molecule has 2 heterocycles. The highest BCUT2D eigenvalue weighted by Gasteiger charge is 2.37. The molecule has 0 atom stereocenters. The van der Waals surface area contributed by atoms with Crippen molar-refractivity contribution >= 4 is 23.9 Å². The topological polar surface area (TPSA) is 62.6 Å². The molecule has 4 amide bonds. The van der Waals surface area contributed by atoms with Crippen molar-refractivity contribution in [2.24, 2.45) is 0 Å². The van der Waals surface area contributed by atoms with Crippen LogP contribution in [0, 0.1) is 19.7 Å². The van der Waals surface area contributed by atoms with Gasteiger partial charge < -0.3 is 4.57 Å². The second-order valence-electron chi connectivity index (χ2n) is 6.21. The largest absolute Gasteiger partial charge is 0.333 e. The van der Waals surface area contributed by atoms with Gasteiger partial charge in [0.2, 0.25) is 0 Å². The average molecular weight is 355 g/mol. The van der Waals surface area contributed by atoms with Crippen molar-refractivity contribution in [3.63, 3.8) is 0 Å². The highest BCUT2D eigenvalue weighted by atomic mass is 19.1. The predicted octanol–water partition coefficient (Wildman–Crippen LogP) is 2.67. The van der Waals surface area contributed by atoms with E-state index in [4.69, 9.17) is 0 Å². The molecule has 1 aliphatic heterocycles. The number of benzene rings is 1. The van der Waals surface area contributed by atoms with Crippen LogP contribution in [-0.4, -0.2) is 46.3 Å². The van der Waals surface area contributed by atoms with E-state index in [0.29, 0.717) is 11.3 Å². The summed E-state index contributed by atoms with van der Waals surface area (Å²) in [5.41, 5.74) is 2.79. The van der Waals surface area contributed by atoms with Crippen LogP contribution in [0.1, 0.15) is 17.0 Å². The number of carbonyl (C=O) groups is 3. The van der Waals surface area contributed by atoms with E-state index in [9.17, 15) is 18.8 Å². The summed E-state index contributed by atoms with van der Waals surface area (Å²) in [6.07, 6.45) is 1.47. The van der Waals surface area contributed by atoms with Gasteiger partial charge in [-0.3, -0.25) is 19.4 Å². The number of rotatable bonds is 2. The number of hydrogen-bond acceptors (Lipinski definition) is 3. The first-order valence-corrected chi connectivity index (χ1v) is 7.99. The van der Waals surface area contributed by atoms with Crippen LogP contribution in [0.25, 0.3) is 11.8 Å². The van der Waals surface area contributed by atoms with Crippen molar-refractivity contribution in [2.45, 2.75) is 13.8 Å². The number of imide groups is 2. The van der Waals surface area contributed by atoms with Gasteiger partial charge in [0.05, 0.1) is 0 Å². The van der Waals surface area contributed by atoms with Gasteiger partial charge in [0, 0.05) is 31.2 Å². The Labute approximate surface area is 150 Å². The molecule has 26 heavy (non-hydrogen) atoms. The lowest BCUT2D eigenvalue weighted by Gasteiger charge is -2.28. The number of barbiturate groups is 1. The van der Waals surface area contributed by atoms with Crippen molar-refractivity contribution < 1.29 is 18.8 Å². The molecule has 0 spiro atoms. The first-order chi connectivity index (χ1) is 12.2. The molecular weight excluding hydrogens is 337 g/mol. The van der Waals surface area contributed by atoms with Crippen molar-refractivity contribution in [2.75, 3.05) is 14.1 Å². The molecule has 1 aromatic heterocycles. The molecule has 0 bridgehead atoms. The lowest BCUT2D eigenvalue weighted by molar-refractivity contribution is -0.134. The molecule has 3 rings (SSSR count). The van der Waals surface area contributed by atoms with Gasteiger partial charge in [-0.1, -0.05) is 6.07 Å². The van der Waals surface area contributed by atoms with Crippen molar-refractivity contribution in [3.05, 3.63) is 58.7 Å². The molecule has 7 heteroatoms. The van der Waals surface area contributed by atoms with E-state index in [1.165, 1.54) is 32.3 Å². The third kappa shape index (κ3) is 2.71. The van der Waals surface area contributed by atoms with Crippen LogP contribution < -0.4 is 0 Å². The zero-order valence-electron chi connectivity index (χ0n) is 14.9. The van der Waals surface area contributed by atoms with Crippen LogP contribution in [0.2, 0.25) is 0 Å². The van der Waals surface area contributed by atoms with Gasteiger partial charge in [-0.15, -0.1) is 0 Å². The molecule has 1 fully saturated rings. The summed E-state index contributed by atoms with van der Waals surface area (Å²) in [4.78, 5) is 38.3. The molecule has 1 saturated heterocycles.